The number of benzene rings is 2. The Labute approximate surface area is 110 Å². The highest BCUT2D eigenvalue weighted by Gasteiger charge is 2.09. The van der Waals surface area contributed by atoms with Gasteiger partial charge in [0, 0.05) is 11.4 Å². The molecule has 0 atom stereocenters. The summed E-state index contributed by atoms with van der Waals surface area (Å²) in [5, 5.41) is 0. The van der Waals surface area contributed by atoms with E-state index < -0.39 is 0 Å². The molecule has 0 amide bonds. The van der Waals surface area contributed by atoms with Crippen LogP contribution in [0.15, 0.2) is 46.9 Å². The van der Waals surface area contributed by atoms with Gasteiger partial charge in [-0.2, -0.15) is 0 Å². The first-order valence-electron chi connectivity index (χ1n) is 5.79. The summed E-state index contributed by atoms with van der Waals surface area (Å²) in [5.74, 6) is 1.14. The average Bonchev–Trinajstić information content (AvgIpc) is 2.84. The SMILES string of the molecule is Cc1cccc2oc(-c3cccc(CCl)c3)nc12. The number of nitrogens with zero attached hydrogens (tertiary/aromatic N) is 1. The standard InChI is InChI=1S/C15H12ClNO/c1-10-4-2-7-13-14(10)17-15(18-13)12-6-3-5-11(8-12)9-16/h2-8H,9H2,1H3. The summed E-state index contributed by atoms with van der Waals surface area (Å²) in [5.41, 5.74) is 4.89. The van der Waals surface area contributed by atoms with Crippen LogP contribution in [0.2, 0.25) is 0 Å². The van der Waals surface area contributed by atoms with Gasteiger partial charge in [-0.15, -0.1) is 11.6 Å². The smallest absolute Gasteiger partial charge is 0.227 e. The van der Waals surface area contributed by atoms with E-state index >= 15 is 0 Å². The molecule has 2 nitrogen and oxygen atoms in total. The average molecular weight is 258 g/mol. The first-order chi connectivity index (χ1) is 8.78. The van der Waals surface area contributed by atoms with Crippen molar-refractivity contribution in [3.63, 3.8) is 0 Å². The van der Waals surface area contributed by atoms with Crippen molar-refractivity contribution in [2.45, 2.75) is 12.8 Å². The molecule has 3 heteroatoms. The van der Waals surface area contributed by atoms with Crippen molar-refractivity contribution in [1.82, 2.24) is 4.98 Å². The summed E-state index contributed by atoms with van der Waals surface area (Å²) in [6.07, 6.45) is 0. The van der Waals surface area contributed by atoms with E-state index in [0.29, 0.717) is 11.8 Å². The molecule has 0 aliphatic heterocycles. The molecule has 0 unspecified atom stereocenters. The predicted molar refractivity (Wildman–Crippen MR) is 73.7 cm³/mol. The predicted octanol–water partition coefficient (Wildman–Crippen LogP) is 4.54. The fraction of sp³-hybridized carbons (Fsp3) is 0.133. The number of oxazole rings is 1. The molecular weight excluding hydrogens is 246 g/mol. The van der Waals surface area contributed by atoms with Crippen LogP contribution in [0.5, 0.6) is 0 Å². The number of aromatic nitrogens is 1. The fourth-order valence-electron chi connectivity index (χ4n) is 2.00. The maximum absolute atomic E-state index is 5.84. The molecule has 1 aromatic heterocycles. The Morgan fingerprint density at radius 1 is 1.17 bits per heavy atom. The van der Waals surface area contributed by atoms with Crippen molar-refractivity contribution in [2.24, 2.45) is 0 Å². The van der Waals surface area contributed by atoms with Crippen LogP contribution in [-0.2, 0) is 5.88 Å². The van der Waals surface area contributed by atoms with Crippen molar-refractivity contribution in [3.05, 3.63) is 53.6 Å². The van der Waals surface area contributed by atoms with Gasteiger partial charge in [0.2, 0.25) is 5.89 Å². The molecule has 0 saturated carbocycles. The second-order valence-corrected chi connectivity index (χ2v) is 4.54. The van der Waals surface area contributed by atoms with E-state index in [2.05, 4.69) is 4.98 Å². The zero-order valence-corrected chi connectivity index (χ0v) is 10.7. The van der Waals surface area contributed by atoms with Crippen molar-refractivity contribution < 1.29 is 4.42 Å². The molecule has 3 aromatic rings. The molecule has 0 aliphatic rings. The van der Waals surface area contributed by atoms with E-state index in [9.17, 15) is 0 Å². The number of rotatable bonds is 2. The number of alkyl halides is 1. The van der Waals surface area contributed by atoms with E-state index in [1.165, 1.54) is 0 Å². The third-order valence-electron chi connectivity index (χ3n) is 2.95. The van der Waals surface area contributed by atoms with Gasteiger partial charge in [-0.1, -0.05) is 24.3 Å². The largest absolute Gasteiger partial charge is 0.436 e. The molecule has 0 N–H and O–H groups in total. The van der Waals surface area contributed by atoms with Crippen LogP contribution in [0, 0.1) is 6.92 Å². The Hall–Kier alpha value is -1.80. The van der Waals surface area contributed by atoms with Crippen molar-refractivity contribution in [3.8, 4) is 11.5 Å². The molecular formula is C15H12ClNO. The second kappa shape index (κ2) is 4.46. The maximum atomic E-state index is 5.84. The molecule has 0 fully saturated rings. The lowest BCUT2D eigenvalue weighted by atomic mass is 10.1. The third kappa shape index (κ3) is 1.89. The zero-order valence-electron chi connectivity index (χ0n) is 9.98. The molecule has 0 aliphatic carbocycles. The Kier molecular flexibility index (Phi) is 2.80. The van der Waals surface area contributed by atoms with E-state index in [1.807, 2.05) is 49.4 Å². The van der Waals surface area contributed by atoms with Crippen LogP contribution >= 0.6 is 11.6 Å². The minimum absolute atomic E-state index is 0.493. The summed E-state index contributed by atoms with van der Waals surface area (Å²) < 4.78 is 5.78. The van der Waals surface area contributed by atoms with Crippen LogP contribution in [0.4, 0.5) is 0 Å². The first kappa shape index (κ1) is 11.3. The summed E-state index contributed by atoms with van der Waals surface area (Å²) in [7, 11) is 0. The highest BCUT2D eigenvalue weighted by molar-refractivity contribution is 6.17. The van der Waals surface area contributed by atoms with Crippen LogP contribution in [-0.4, -0.2) is 4.98 Å². The van der Waals surface area contributed by atoms with Gasteiger partial charge in [0.15, 0.2) is 5.58 Å². The van der Waals surface area contributed by atoms with Gasteiger partial charge in [-0.25, -0.2) is 4.98 Å². The number of aryl methyl sites for hydroxylation is 1. The van der Waals surface area contributed by atoms with Crippen molar-refractivity contribution in [2.75, 3.05) is 0 Å². The van der Waals surface area contributed by atoms with Gasteiger partial charge >= 0.3 is 0 Å². The normalized spacial score (nSPS) is 11.0. The number of fused-ring (bicyclic) bond motifs is 1. The molecule has 0 radical (unpaired) electrons. The number of hydrogen-bond acceptors (Lipinski definition) is 2. The van der Waals surface area contributed by atoms with E-state index in [0.717, 1.165) is 27.8 Å². The number of halogens is 1. The molecule has 3 rings (SSSR count). The summed E-state index contributed by atoms with van der Waals surface area (Å²) in [6, 6.07) is 13.9. The van der Waals surface area contributed by atoms with Gasteiger partial charge in [0.1, 0.15) is 5.52 Å². The minimum Gasteiger partial charge on any atom is -0.436 e. The quantitative estimate of drug-likeness (QED) is 0.630. The monoisotopic (exact) mass is 257 g/mol. The van der Waals surface area contributed by atoms with Crippen molar-refractivity contribution in [1.29, 1.82) is 0 Å². The van der Waals surface area contributed by atoms with E-state index in [1.54, 1.807) is 0 Å². The topological polar surface area (TPSA) is 26.0 Å². The maximum Gasteiger partial charge on any atom is 0.227 e. The Morgan fingerprint density at radius 3 is 2.78 bits per heavy atom. The molecule has 0 saturated heterocycles. The minimum atomic E-state index is 0.493. The highest BCUT2D eigenvalue weighted by atomic mass is 35.5. The van der Waals surface area contributed by atoms with E-state index in [-0.39, 0.29) is 0 Å². The molecule has 18 heavy (non-hydrogen) atoms. The molecule has 0 bridgehead atoms. The van der Waals surface area contributed by atoms with Crippen LogP contribution in [0.1, 0.15) is 11.1 Å². The molecule has 0 spiro atoms. The summed E-state index contributed by atoms with van der Waals surface area (Å²) in [6.45, 7) is 2.03. The number of hydrogen-bond donors (Lipinski definition) is 0. The molecule has 1 heterocycles. The van der Waals surface area contributed by atoms with Crippen LogP contribution in [0.25, 0.3) is 22.6 Å². The lowest BCUT2D eigenvalue weighted by molar-refractivity contribution is 0.620. The Balaban J connectivity index is 2.16. The summed E-state index contributed by atoms with van der Waals surface area (Å²) in [4.78, 5) is 4.55. The first-order valence-corrected chi connectivity index (χ1v) is 6.33. The van der Waals surface area contributed by atoms with Crippen LogP contribution < -0.4 is 0 Å². The van der Waals surface area contributed by atoms with Gasteiger partial charge in [-0.05, 0) is 36.2 Å². The van der Waals surface area contributed by atoms with Gasteiger partial charge in [0.25, 0.3) is 0 Å². The van der Waals surface area contributed by atoms with Gasteiger partial charge in [-0.3, -0.25) is 0 Å². The molecule has 2 aromatic carbocycles. The summed E-state index contributed by atoms with van der Waals surface area (Å²) >= 11 is 5.84. The van der Waals surface area contributed by atoms with Gasteiger partial charge < -0.3 is 4.42 Å². The van der Waals surface area contributed by atoms with Gasteiger partial charge in [0.05, 0.1) is 0 Å². The zero-order chi connectivity index (χ0) is 12.5. The lowest BCUT2D eigenvalue weighted by Gasteiger charge is -1.97. The third-order valence-corrected chi connectivity index (χ3v) is 3.26. The van der Waals surface area contributed by atoms with Crippen molar-refractivity contribution >= 4 is 22.7 Å². The lowest BCUT2D eigenvalue weighted by Crippen LogP contribution is -1.81. The van der Waals surface area contributed by atoms with E-state index in [4.69, 9.17) is 16.0 Å². The molecule has 90 valence electrons. The second-order valence-electron chi connectivity index (χ2n) is 4.27. The Bertz CT molecular complexity index is 703. The number of para-hydroxylation sites is 1. The Morgan fingerprint density at radius 2 is 2.00 bits per heavy atom. The van der Waals surface area contributed by atoms with Crippen LogP contribution in [0.3, 0.4) is 0 Å². The fourth-order valence-corrected chi connectivity index (χ4v) is 2.16. The highest BCUT2D eigenvalue weighted by Crippen LogP contribution is 2.26.